The third-order valence-corrected chi connectivity index (χ3v) is 4.12. The second-order valence-electron chi connectivity index (χ2n) is 6.35. The van der Waals surface area contributed by atoms with Crippen LogP contribution in [-0.4, -0.2) is 39.0 Å². The maximum Gasteiger partial charge on any atom is 0.433 e. The van der Waals surface area contributed by atoms with Crippen molar-refractivity contribution in [3.63, 3.8) is 0 Å². The summed E-state index contributed by atoms with van der Waals surface area (Å²) in [5.41, 5.74) is 1.32. The van der Waals surface area contributed by atoms with Crippen LogP contribution in [0.4, 0.5) is 19.1 Å². The van der Waals surface area contributed by atoms with Gasteiger partial charge in [0.25, 0.3) is 0 Å². The summed E-state index contributed by atoms with van der Waals surface area (Å²) in [4.78, 5) is 14.0. The van der Waals surface area contributed by atoms with Crippen LogP contribution < -0.4 is 5.32 Å². The Morgan fingerprint density at radius 3 is 2.92 bits per heavy atom. The van der Waals surface area contributed by atoms with Gasteiger partial charge in [0.15, 0.2) is 0 Å². The average Bonchev–Trinajstić information content (AvgIpc) is 2.55. The minimum Gasteiger partial charge on any atom is -0.350 e. The van der Waals surface area contributed by atoms with Crippen molar-refractivity contribution in [2.24, 2.45) is 0 Å². The van der Waals surface area contributed by atoms with Crippen LogP contribution in [0.3, 0.4) is 0 Å². The van der Waals surface area contributed by atoms with E-state index >= 15 is 0 Å². The Balaban J connectivity index is 1.62. The summed E-state index contributed by atoms with van der Waals surface area (Å²) in [5, 5.41) is 3.04. The highest BCUT2D eigenvalue weighted by Gasteiger charge is 2.33. The number of nitrogens with one attached hydrogen (secondary N) is 1. The minimum atomic E-state index is -4.46. The summed E-state index contributed by atoms with van der Waals surface area (Å²) in [6.07, 6.45) is 2.18. The molecule has 1 N–H and O–H groups in total. The second kappa shape index (κ2) is 7.35. The van der Waals surface area contributed by atoms with Crippen LogP contribution in [0.2, 0.25) is 0 Å². The van der Waals surface area contributed by atoms with Crippen molar-refractivity contribution in [2.45, 2.75) is 38.5 Å². The van der Waals surface area contributed by atoms with E-state index in [0.717, 1.165) is 55.9 Å². The van der Waals surface area contributed by atoms with Crippen molar-refractivity contribution in [1.82, 2.24) is 19.9 Å². The molecule has 1 unspecified atom stereocenters. The van der Waals surface area contributed by atoms with E-state index in [1.54, 1.807) is 0 Å². The number of hydrogen-bond acceptors (Lipinski definition) is 5. The number of hydrogen-bond donors (Lipinski definition) is 1. The van der Waals surface area contributed by atoms with Crippen molar-refractivity contribution in [3.05, 3.63) is 47.5 Å². The average molecular weight is 351 g/mol. The molecule has 8 heteroatoms. The van der Waals surface area contributed by atoms with Crippen molar-refractivity contribution < 1.29 is 13.2 Å². The predicted octanol–water partition coefficient (Wildman–Crippen LogP) is 3.28. The number of aromatic nitrogens is 3. The molecule has 5 nitrogen and oxygen atoms in total. The van der Waals surface area contributed by atoms with Crippen molar-refractivity contribution in [1.29, 1.82) is 0 Å². The Bertz CT molecular complexity index is 719. The smallest absolute Gasteiger partial charge is 0.350 e. The molecule has 2 aromatic rings. The second-order valence-corrected chi connectivity index (χ2v) is 6.35. The van der Waals surface area contributed by atoms with Crippen LogP contribution >= 0.6 is 0 Å². The van der Waals surface area contributed by atoms with E-state index in [9.17, 15) is 13.2 Å². The summed E-state index contributed by atoms with van der Waals surface area (Å²) < 4.78 is 38.3. The molecule has 1 saturated heterocycles. The highest BCUT2D eigenvalue weighted by atomic mass is 19.4. The highest BCUT2D eigenvalue weighted by Crippen LogP contribution is 2.27. The van der Waals surface area contributed by atoms with Crippen LogP contribution in [-0.2, 0) is 12.7 Å². The number of anilines is 1. The van der Waals surface area contributed by atoms with E-state index in [1.165, 1.54) is 0 Å². The molecule has 0 spiro atoms. The van der Waals surface area contributed by atoms with Gasteiger partial charge in [-0.3, -0.25) is 9.88 Å². The molecule has 0 aromatic carbocycles. The Labute approximate surface area is 144 Å². The molecule has 3 heterocycles. The Hall–Kier alpha value is -2.22. The van der Waals surface area contributed by atoms with E-state index in [0.29, 0.717) is 0 Å². The van der Waals surface area contributed by atoms with E-state index in [1.807, 2.05) is 19.3 Å². The molecule has 1 aliphatic heterocycles. The van der Waals surface area contributed by atoms with Crippen molar-refractivity contribution in [2.75, 3.05) is 18.4 Å². The quantitative estimate of drug-likeness (QED) is 0.916. The van der Waals surface area contributed by atoms with Gasteiger partial charge in [0.1, 0.15) is 5.69 Å². The van der Waals surface area contributed by atoms with Gasteiger partial charge in [0.2, 0.25) is 5.95 Å². The monoisotopic (exact) mass is 351 g/mol. The molecular formula is C17H20F3N5. The molecule has 25 heavy (non-hydrogen) atoms. The summed E-state index contributed by atoms with van der Waals surface area (Å²) >= 11 is 0. The maximum atomic E-state index is 12.8. The molecule has 134 valence electrons. The lowest BCUT2D eigenvalue weighted by Gasteiger charge is -2.33. The number of alkyl halides is 3. The number of aryl methyl sites for hydroxylation is 1. The number of halogens is 3. The largest absolute Gasteiger partial charge is 0.433 e. The number of piperidine rings is 1. The number of likely N-dealkylation sites (tertiary alicyclic amines) is 1. The first kappa shape index (κ1) is 17.6. The summed E-state index contributed by atoms with van der Waals surface area (Å²) in [6.45, 7) is 4.46. The van der Waals surface area contributed by atoms with Crippen molar-refractivity contribution in [3.8, 4) is 0 Å². The zero-order valence-electron chi connectivity index (χ0n) is 13.9. The Morgan fingerprint density at radius 2 is 2.16 bits per heavy atom. The third kappa shape index (κ3) is 4.88. The first-order valence-electron chi connectivity index (χ1n) is 8.20. The topological polar surface area (TPSA) is 53.9 Å². The molecule has 0 bridgehead atoms. The minimum absolute atomic E-state index is 0.0232. The molecule has 0 radical (unpaired) electrons. The van der Waals surface area contributed by atoms with Gasteiger partial charge in [0.05, 0.1) is 0 Å². The lowest BCUT2D eigenvalue weighted by molar-refractivity contribution is -0.141. The molecule has 0 amide bonds. The van der Waals surface area contributed by atoms with Gasteiger partial charge in [-0.05, 0) is 43.5 Å². The highest BCUT2D eigenvalue weighted by molar-refractivity contribution is 5.28. The van der Waals surface area contributed by atoms with Gasteiger partial charge in [-0.15, -0.1) is 0 Å². The van der Waals surface area contributed by atoms with Crippen molar-refractivity contribution >= 4 is 5.95 Å². The van der Waals surface area contributed by atoms with E-state index in [4.69, 9.17) is 0 Å². The molecule has 0 aliphatic carbocycles. The summed E-state index contributed by atoms with van der Waals surface area (Å²) in [7, 11) is 0. The van der Waals surface area contributed by atoms with Gasteiger partial charge < -0.3 is 5.32 Å². The van der Waals surface area contributed by atoms with Gasteiger partial charge in [0, 0.05) is 37.7 Å². The molecule has 1 aliphatic rings. The number of pyridine rings is 1. The fourth-order valence-electron chi connectivity index (χ4n) is 3.05. The number of nitrogens with zero attached hydrogens (tertiary/aromatic N) is 4. The predicted molar refractivity (Wildman–Crippen MR) is 87.9 cm³/mol. The van der Waals surface area contributed by atoms with Gasteiger partial charge in [-0.25, -0.2) is 9.97 Å². The lowest BCUT2D eigenvalue weighted by atomic mass is 10.0. The van der Waals surface area contributed by atoms with E-state index < -0.39 is 11.9 Å². The summed E-state index contributed by atoms with van der Waals surface area (Å²) in [6, 6.07) is 3.00. The normalized spacial score (nSPS) is 19.0. The summed E-state index contributed by atoms with van der Waals surface area (Å²) in [5.74, 6) is 0.0268. The maximum absolute atomic E-state index is 12.8. The SMILES string of the molecule is Cc1cncc(CN2CCCC(Nc3nccc(C(F)(F)F)n3)C2)c1. The van der Waals surface area contributed by atoms with Gasteiger partial charge >= 0.3 is 6.18 Å². The standard InChI is InChI=1S/C17H20F3N5/c1-12-7-13(9-21-8-12)10-25-6-2-3-14(11-25)23-16-22-5-4-15(24-16)17(18,19)20/h4-5,7-9,14H,2-3,6,10-11H2,1H3,(H,22,23,24). The van der Waals surface area contributed by atoms with E-state index in [-0.39, 0.29) is 12.0 Å². The molecule has 3 rings (SSSR count). The van der Waals surface area contributed by atoms with Crippen LogP contribution in [0.25, 0.3) is 0 Å². The first-order valence-corrected chi connectivity index (χ1v) is 8.20. The fraction of sp³-hybridized carbons (Fsp3) is 0.471. The molecule has 2 aromatic heterocycles. The van der Waals surface area contributed by atoms with Gasteiger partial charge in [-0.2, -0.15) is 13.2 Å². The Kier molecular flexibility index (Phi) is 5.17. The van der Waals surface area contributed by atoms with Crippen LogP contribution in [0, 0.1) is 6.92 Å². The molecular weight excluding hydrogens is 331 g/mol. The molecule has 1 atom stereocenters. The Morgan fingerprint density at radius 1 is 1.32 bits per heavy atom. The van der Waals surface area contributed by atoms with Crippen LogP contribution in [0.15, 0.2) is 30.7 Å². The first-order chi connectivity index (χ1) is 11.9. The zero-order valence-corrected chi connectivity index (χ0v) is 13.9. The number of rotatable bonds is 4. The fourth-order valence-corrected chi connectivity index (χ4v) is 3.05. The van der Waals surface area contributed by atoms with Crippen LogP contribution in [0.5, 0.6) is 0 Å². The molecule has 1 fully saturated rings. The zero-order chi connectivity index (χ0) is 17.9. The molecule has 0 saturated carbocycles. The van der Waals surface area contributed by atoms with E-state index in [2.05, 4.69) is 31.2 Å². The lowest BCUT2D eigenvalue weighted by Crippen LogP contribution is -2.42. The third-order valence-electron chi connectivity index (χ3n) is 4.12. The van der Waals surface area contributed by atoms with Gasteiger partial charge in [-0.1, -0.05) is 6.07 Å². The van der Waals surface area contributed by atoms with Crippen LogP contribution in [0.1, 0.15) is 29.7 Å².